The van der Waals surface area contributed by atoms with Gasteiger partial charge in [0.2, 0.25) is 11.8 Å². The van der Waals surface area contributed by atoms with Crippen molar-refractivity contribution in [1.29, 1.82) is 0 Å². The predicted molar refractivity (Wildman–Crippen MR) is 76.5 cm³/mol. The van der Waals surface area contributed by atoms with Crippen molar-refractivity contribution in [3.63, 3.8) is 0 Å². The molecule has 0 spiro atoms. The summed E-state index contributed by atoms with van der Waals surface area (Å²) in [5.74, 6) is -0.0950. The molecule has 0 radical (unpaired) electrons. The topological polar surface area (TPSA) is 70.6 Å². The molecule has 0 bridgehead atoms. The van der Waals surface area contributed by atoms with E-state index in [-0.39, 0.29) is 17.2 Å². The van der Waals surface area contributed by atoms with Crippen LogP contribution in [0.4, 0.5) is 5.69 Å². The Kier molecular flexibility index (Phi) is 2.85. The summed E-state index contributed by atoms with van der Waals surface area (Å²) in [7, 11) is 0. The summed E-state index contributed by atoms with van der Waals surface area (Å²) in [6.07, 6.45) is 2.28. The van der Waals surface area contributed by atoms with E-state index in [4.69, 9.17) is 0 Å². The normalized spacial score (nSPS) is 24.1. The Morgan fingerprint density at radius 2 is 2.25 bits per heavy atom. The molecular weight excluding hydrogens is 254 g/mol. The molecule has 1 aliphatic heterocycles. The molecule has 1 unspecified atom stereocenters. The van der Waals surface area contributed by atoms with Gasteiger partial charge >= 0.3 is 0 Å². The van der Waals surface area contributed by atoms with Crippen LogP contribution in [-0.4, -0.2) is 17.5 Å². The maximum absolute atomic E-state index is 11.5. The SMILES string of the molecule is CC(=O)Nc1ccc2c(c1)CCC1(C)CC(=O)NN=C21. The number of rotatable bonds is 1. The van der Waals surface area contributed by atoms with E-state index in [1.54, 1.807) is 0 Å². The van der Waals surface area contributed by atoms with Crippen LogP contribution in [-0.2, 0) is 16.0 Å². The van der Waals surface area contributed by atoms with Crippen molar-refractivity contribution >= 4 is 23.2 Å². The first-order chi connectivity index (χ1) is 9.48. The lowest BCUT2D eigenvalue weighted by Crippen LogP contribution is -2.43. The maximum Gasteiger partial charge on any atom is 0.241 e. The second-order valence-corrected chi connectivity index (χ2v) is 5.79. The molecule has 1 atom stereocenters. The summed E-state index contributed by atoms with van der Waals surface area (Å²) in [6.45, 7) is 3.59. The molecule has 1 aromatic rings. The monoisotopic (exact) mass is 271 g/mol. The van der Waals surface area contributed by atoms with Crippen molar-refractivity contribution < 1.29 is 9.59 Å². The fourth-order valence-electron chi connectivity index (χ4n) is 3.05. The smallest absolute Gasteiger partial charge is 0.241 e. The first-order valence-corrected chi connectivity index (χ1v) is 6.76. The quantitative estimate of drug-likeness (QED) is 0.818. The molecule has 5 heteroatoms. The molecule has 5 nitrogen and oxygen atoms in total. The van der Waals surface area contributed by atoms with Gasteiger partial charge in [0.05, 0.1) is 5.71 Å². The third-order valence-electron chi connectivity index (χ3n) is 4.04. The van der Waals surface area contributed by atoms with Crippen LogP contribution >= 0.6 is 0 Å². The zero-order chi connectivity index (χ0) is 14.3. The number of aryl methyl sites for hydroxylation is 1. The van der Waals surface area contributed by atoms with Gasteiger partial charge in [-0.15, -0.1) is 0 Å². The molecule has 2 N–H and O–H groups in total. The van der Waals surface area contributed by atoms with Gasteiger partial charge in [0.1, 0.15) is 0 Å². The first kappa shape index (κ1) is 12.8. The summed E-state index contributed by atoms with van der Waals surface area (Å²) >= 11 is 0. The van der Waals surface area contributed by atoms with Gasteiger partial charge < -0.3 is 5.32 Å². The van der Waals surface area contributed by atoms with Crippen molar-refractivity contribution in [3.8, 4) is 0 Å². The van der Waals surface area contributed by atoms with Crippen LogP contribution in [0.2, 0.25) is 0 Å². The molecule has 0 fully saturated rings. The van der Waals surface area contributed by atoms with E-state index in [2.05, 4.69) is 22.8 Å². The van der Waals surface area contributed by atoms with E-state index in [0.29, 0.717) is 6.42 Å². The van der Waals surface area contributed by atoms with Crippen molar-refractivity contribution in [3.05, 3.63) is 29.3 Å². The number of fused-ring (bicyclic) bond motifs is 3. The number of carbonyl (C=O) groups excluding carboxylic acids is 2. The summed E-state index contributed by atoms with van der Waals surface area (Å²) in [5, 5.41) is 7.06. The van der Waals surface area contributed by atoms with Crippen LogP contribution in [0.25, 0.3) is 0 Å². The van der Waals surface area contributed by atoms with Gasteiger partial charge in [-0.25, -0.2) is 5.43 Å². The molecule has 3 rings (SSSR count). The van der Waals surface area contributed by atoms with E-state index in [1.165, 1.54) is 12.5 Å². The lowest BCUT2D eigenvalue weighted by molar-refractivity contribution is -0.123. The Morgan fingerprint density at radius 1 is 1.45 bits per heavy atom. The molecule has 0 aromatic heterocycles. The van der Waals surface area contributed by atoms with Gasteiger partial charge in [-0.1, -0.05) is 13.0 Å². The second-order valence-electron chi connectivity index (χ2n) is 5.79. The Labute approximate surface area is 117 Å². The minimum Gasteiger partial charge on any atom is -0.326 e. The molecule has 0 saturated heterocycles. The summed E-state index contributed by atoms with van der Waals surface area (Å²) in [4.78, 5) is 22.7. The minimum absolute atomic E-state index is 0.0189. The Hall–Kier alpha value is -2.17. The lowest BCUT2D eigenvalue weighted by atomic mass is 9.68. The fraction of sp³-hybridized carbons (Fsp3) is 0.400. The molecule has 1 aliphatic carbocycles. The highest BCUT2D eigenvalue weighted by Crippen LogP contribution is 2.40. The molecule has 0 saturated carbocycles. The number of anilines is 1. The largest absolute Gasteiger partial charge is 0.326 e. The van der Waals surface area contributed by atoms with E-state index in [1.807, 2.05) is 18.2 Å². The van der Waals surface area contributed by atoms with Crippen molar-refractivity contribution in [2.45, 2.75) is 33.1 Å². The highest BCUT2D eigenvalue weighted by molar-refractivity contribution is 6.10. The summed E-state index contributed by atoms with van der Waals surface area (Å²) in [6, 6.07) is 5.86. The van der Waals surface area contributed by atoms with Crippen LogP contribution in [0.5, 0.6) is 0 Å². The number of carbonyl (C=O) groups is 2. The van der Waals surface area contributed by atoms with Crippen LogP contribution in [0.15, 0.2) is 23.3 Å². The van der Waals surface area contributed by atoms with Gasteiger partial charge in [-0.2, -0.15) is 5.10 Å². The zero-order valence-corrected chi connectivity index (χ0v) is 11.6. The van der Waals surface area contributed by atoms with Gasteiger partial charge in [-0.3, -0.25) is 9.59 Å². The highest BCUT2D eigenvalue weighted by atomic mass is 16.2. The van der Waals surface area contributed by atoms with E-state index in [0.717, 1.165) is 29.8 Å². The first-order valence-electron chi connectivity index (χ1n) is 6.76. The number of nitrogens with zero attached hydrogens (tertiary/aromatic N) is 1. The molecule has 20 heavy (non-hydrogen) atoms. The minimum atomic E-state index is -0.176. The summed E-state index contributed by atoms with van der Waals surface area (Å²) in [5.41, 5.74) is 6.40. The molecular formula is C15H17N3O2. The Morgan fingerprint density at radius 3 is 3.00 bits per heavy atom. The van der Waals surface area contributed by atoms with Crippen molar-refractivity contribution in [2.24, 2.45) is 10.5 Å². The van der Waals surface area contributed by atoms with E-state index in [9.17, 15) is 9.59 Å². The average molecular weight is 271 g/mol. The Bertz CT molecular complexity index is 636. The van der Waals surface area contributed by atoms with Gasteiger partial charge in [0.25, 0.3) is 0 Å². The number of hydrazone groups is 1. The fourth-order valence-corrected chi connectivity index (χ4v) is 3.05. The standard InChI is InChI=1S/C15H17N3O2/c1-9(19)16-11-3-4-12-10(7-11)5-6-15(2)8-13(20)17-18-14(12)15/h3-4,7H,5-6,8H2,1-2H3,(H,16,19)(H,17,20). The predicted octanol–water partition coefficient (Wildman–Crippen LogP) is 1.82. The van der Waals surface area contributed by atoms with Gasteiger partial charge in [-0.05, 0) is 30.5 Å². The third kappa shape index (κ3) is 2.09. The Balaban J connectivity index is 2.01. The number of nitrogens with one attached hydrogen (secondary N) is 2. The van der Waals surface area contributed by atoms with Crippen LogP contribution in [0.1, 0.15) is 37.8 Å². The van der Waals surface area contributed by atoms with Crippen LogP contribution in [0, 0.1) is 5.41 Å². The highest BCUT2D eigenvalue weighted by Gasteiger charge is 2.40. The number of amides is 2. The van der Waals surface area contributed by atoms with Crippen LogP contribution in [0.3, 0.4) is 0 Å². The number of hydrogen-bond acceptors (Lipinski definition) is 3. The van der Waals surface area contributed by atoms with Gasteiger partial charge in [0.15, 0.2) is 0 Å². The summed E-state index contributed by atoms with van der Waals surface area (Å²) < 4.78 is 0. The number of benzene rings is 1. The molecule has 1 aromatic carbocycles. The third-order valence-corrected chi connectivity index (χ3v) is 4.04. The average Bonchev–Trinajstić information content (AvgIpc) is 2.37. The van der Waals surface area contributed by atoms with Gasteiger partial charge in [0, 0.05) is 30.0 Å². The molecule has 2 amide bonds. The maximum atomic E-state index is 11.5. The van der Waals surface area contributed by atoms with Crippen molar-refractivity contribution in [2.75, 3.05) is 5.32 Å². The zero-order valence-electron chi connectivity index (χ0n) is 11.6. The lowest BCUT2D eigenvalue weighted by Gasteiger charge is -2.38. The second kappa shape index (κ2) is 4.44. The van der Waals surface area contributed by atoms with E-state index < -0.39 is 0 Å². The molecule has 2 aliphatic rings. The molecule has 104 valence electrons. The van der Waals surface area contributed by atoms with E-state index >= 15 is 0 Å². The van der Waals surface area contributed by atoms with Crippen molar-refractivity contribution in [1.82, 2.24) is 5.43 Å². The number of hydrogen-bond donors (Lipinski definition) is 2. The molecule has 1 heterocycles. The van der Waals surface area contributed by atoms with Crippen LogP contribution < -0.4 is 10.7 Å².